The number of hydrogen-bond acceptors (Lipinski definition) is 4. The number of carbonyl (C=O) groups is 1. The molecule has 1 heterocycles. The van der Waals surface area contributed by atoms with Crippen molar-refractivity contribution in [2.75, 3.05) is 20.2 Å². The number of methoxy groups -OCH3 is 1. The van der Waals surface area contributed by atoms with Crippen LogP contribution in [0.15, 0.2) is 42.5 Å². The van der Waals surface area contributed by atoms with Crippen LogP contribution >= 0.6 is 0 Å². The summed E-state index contributed by atoms with van der Waals surface area (Å²) in [5, 5.41) is 13.3. The van der Waals surface area contributed by atoms with Gasteiger partial charge in [-0.3, -0.25) is 4.79 Å². The third-order valence-electron chi connectivity index (χ3n) is 6.93. The van der Waals surface area contributed by atoms with Crippen LogP contribution < -0.4 is 10.1 Å². The van der Waals surface area contributed by atoms with E-state index in [-0.39, 0.29) is 23.9 Å². The Hall–Kier alpha value is -2.44. The molecule has 0 bridgehead atoms. The Balaban J connectivity index is 1.33. The minimum Gasteiger partial charge on any atom is -0.497 e. The number of nitrogens with zero attached hydrogens (tertiary/aromatic N) is 1. The largest absolute Gasteiger partial charge is 0.497 e. The van der Waals surface area contributed by atoms with Crippen molar-refractivity contribution >= 4 is 5.91 Å². The maximum absolute atomic E-state index is 13.9. The van der Waals surface area contributed by atoms with Crippen molar-refractivity contribution in [2.24, 2.45) is 0 Å². The highest BCUT2D eigenvalue weighted by Gasteiger charge is 2.28. The number of hydrogen-bond donors (Lipinski definition) is 2. The van der Waals surface area contributed by atoms with E-state index in [0.717, 1.165) is 24.8 Å². The molecule has 1 saturated heterocycles. The van der Waals surface area contributed by atoms with Gasteiger partial charge in [-0.25, -0.2) is 4.39 Å². The van der Waals surface area contributed by atoms with Crippen molar-refractivity contribution < 1.29 is 19.0 Å². The van der Waals surface area contributed by atoms with Gasteiger partial charge in [0.2, 0.25) is 0 Å². The Bertz CT molecular complexity index is 925. The standard InChI is InChI=1S/C26H33FN2O3/c1-17(21-13-22(27)16-25(15-21)32-2)28-23-8-7-20(14-23)18-3-5-19(6-4-18)26(31)29-11-9-24(30)10-12-29/h3-6,13,15-17,20,23-24,28,30H,7-12,14H2,1-2H3/t17-,20-,23+/m1/s1. The number of aliphatic hydroxyl groups is 1. The van der Waals surface area contributed by atoms with Gasteiger partial charge in [0.1, 0.15) is 11.6 Å². The molecule has 2 N–H and O–H groups in total. The number of aliphatic hydroxyl groups excluding tert-OH is 1. The average Bonchev–Trinajstić information content (AvgIpc) is 3.27. The lowest BCUT2D eigenvalue weighted by molar-refractivity contribution is 0.0546. The normalized spacial score (nSPS) is 22.7. The van der Waals surface area contributed by atoms with Gasteiger partial charge in [-0.15, -0.1) is 0 Å². The van der Waals surface area contributed by atoms with Crippen LogP contribution in [0.2, 0.25) is 0 Å². The molecule has 32 heavy (non-hydrogen) atoms. The zero-order valence-corrected chi connectivity index (χ0v) is 18.9. The van der Waals surface area contributed by atoms with E-state index in [9.17, 15) is 14.3 Å². The topological polar surface area (TPSA) is 61.8 Å². The molecule has 5 nitrogen and oxygen atoms in total. The number of likely N-dealkylation sites (tertiary alicyclic amines) is 1. The van der Waals surface area contributed by atoms with Crippen molar-refractivity contribution in [3.8, 4) is 5.75 Å². The van der Waals surface area contributed by atoms with Crippen LogP contribution in [0, 0.1) is 5.82 Å². The Morgan fingerprint density at radius 2 is 1.84 bits per heavy atom. The van der Waals surface area contributed by atoms with Crippen LogP contribution in [0.4, 0.5) is 4.39 Å². The lowest BCUT2D eigenvalue weighted by Gasteiger charge is -2.29. The summed E-state index contributed by atoms with van der Waals surface area (Å²) in [5.41, 5.74) is 2.87. The summed E-state index contributed by atoms with van der Waals surface area (Å²) >= 11 is 0. The number of amides is 1. The molecule has 172 valence electrons. The molecular weight excluding hydrogens is 407 g/mol. The molecule has 1 aliphatic carbocycles. The number of nitrogens with one attached hydrogen (secondary N) is 1. The van der Waals surface area contributed by atoms with Crippen LogP contribution in [-0.4, -0.2) is 48.3 Å². The second-order valence-electron chi connectivity index (χ2n) is 9.17. The number of halogens is 1. The highest BCUT2D eigenvalue weighted by atomic mass is 19.1. The zero-order chi connectivity index (χ0) is 22.7. The summed E-state index contributed by atoms with van der Waals surface area (Å²) in [6.45, 7) is 3.29. The van der Waals surface area contributed by atoms with Crippen LogP contribution in [-0.2, 0) is 0 Å². The van der Waals surface area contributed by atoms with Gasteiger partial charge in [0.15, 0.2) is 0 Å². The van der Waals surface area contributed by atoms with E-state index in [1.807, 2.05) is 23.1 Å². The van der Waals surface area contributed by atoms with E-state index >= 15 is 0 Å². The first-order chi connectivity index (χ1) is 15.4. The van der Waals surface area contributed by atoms with Crippen molar-refractivity contribution in [1.82, 2.24) is 10.2 Å². The highest BCUT2D eigenvalue weighted by Crippen LogP contribution is 2.36. The van der Waals surface area contributed by atoms with Gasteiger partial charge in [-0.05, 0) is 80.3 Å². The molecular formula is C26H33FN2O3. The highest BCUT2D eigenvalue weighted by molar-refractivity contribution is 5.94. The summed E-state index contributed by atoms with van der Waals surface area (Å²) in [7, 11) is 1.55. The van der Waals surface area contributed by atoms with Crippen molar-refractivity contribution in [3.05, 3.63) is 65.0 Å². The lowest BCUT2D eigenvalue weighted by atomic mass is 9.96. The molecule has 2 fully saturated rings. The molecule has 0 aromatic heterocycles. The maximum Gasteiger partial charge on any atom is 0.253 e. The molecule has 3 atom stereocenters. The fourth-order valence-electron chi connectivity index (χ4n) is 4.99. The molecule has 1 amide bonds. The van der Waals surface area contributed by atoms with Crippen LogP contribution in [0.5, 0.6) is 5.75 Å². The van der Waals surface area contributed by atoms with E-state index in [4.69, 9.17) is 4.74 Å². The number of piperidine rings is 1. The van der Waals surface area contributed by atoms with Gasteiger partial charge in [0.05, 0.1) is 13.2 Å². The monoisotopic (exact) mass is 440 g/mol. The fourth-order valence-corrected chi connectivity index (χ4v) is 4.99. The summed E-state index contributed by atoms with van der Waals surface area (Å²) in [6.07, 6.45) is 4.21. The van der Waals surface area contributed by atoms with Crippen LogP contribution in [0.1, 0.15) is 72.5 Å². The first-order valence-corrected chi connectivity index (χ1v) is 11.6. The van der Waals surface area contributed by atoms with E-state index < -0.39 is 0 Å². The van der Waals surface area contributed by atoms with E-state index in [1.54, 1.807) is 13.2 Å². The maximum atomic E-state index is 13.9. The smallest absolute Gasteiger partial charge is 0.253 e. The Morgan fingerprint density at radius 1 is 1.12 bits per heavy atom. The van der Waals surface area contributed by atoms with Crippen LogP contribution in [0.3, 0.4) is 0 Å². The molecule has 6 heteroatoms. The quantitative estimate of drug-likeness (QED) is 0.698. The third kappa shape index (κ3) is 5.30. The van der Waals surface area contributed by atoms with Gasteiger partial charge in [-0.1, -0.05) is 12.1 Å². The third-order valence-corrected chi connectivity index (χ3v) is 6.93. The minimum absolute atomic E-state index is 0.0337. The van der Waals surface area contributed by atoms with Gasteiger partial charge in [0.25, 0.3) is 5.91 Å². The number of carbonyl (C=O) groups excluding carboxylic acids is 1. The zero-order valence-electron chi connectivity index (χ0n) is 18.9. The average molecular weight is 441 g/mol. The summed E-state index contributed by atoms with van der Waals surface area (Å²) in [4.78, 5) is 14.5. The second-order valence-corrected chi connectivity index (χ2v) is 9.17. The molecule has 1 aliphatic heterocycles. The molecule has 1 saturated carbocycles. The first kappa shape index (κ1) is 22.7. The predicted octanol–water partition coefficient (Wildman–Crippen LogP) is 4.42. The summed E-state index contributed by atoms with van der Waals surface area (Å²) < 4.78 is 19.0. The molecule has 0 unspecified atom stereocenters. The van der Waals surface area contributed by atoms with E-state index in [1.165, 1.54) is 11.6 Å². The van der Waals surface area contributed by atoms with E-state index in [2.05, 4.69) is 24.4 Å². The fraction of sp³-hybridized carbons (Fsp3) is 0.500. The Kier molecular flexibility index (Phi) is 7.11. The second kappa shape index (κ2) is 10.0. The molecule has 2 aromatic carbocycles. The molecule has 2 aromatic rings. The lowest BCUT2D eigenvalue weighted by Crippen LogP contribution is -2.40. The van der Waals surface area contributed by atoms with Crippen molar-refractivity contribution in [1.29, 1.82) is 0 Å². The summed E-state index contributed by atoms with van der Waals surface area (Å²) in [5.74, 6) is 0.755. The minimum atomic E-state index is -0.285. The van der Waals surface area contributed by atoms with Gasteiger partial charge in [-0.2, -0.15) is 0 Å². The number of benzene rings is 2. The predicted molar refractivity (Wildman–Crippen MR) is 122 cm³/mol. The number of rotatable bonds is 6. The van der Waals surface area contributed by atoms with Gasteiger partial charge < -0.3 is 20.1 Å². The van der Waals surface area contributed by atoms with Gasteiger partial charge in [0, 0.05) is 36.8 Å². The molecule has 4 rings (SSSR count). The Labute approximate surface area is 189 Å². The van der Waals surface area contributed by atoms with Crippen molar-refractivity contribution in [2.45, 2.75) is 63.1 Å². The molecule has 2 aliphatic rings. The molecule has 0 radical (unpaired) electrons. The van der Waals surface area contributed by atoms with Crippen LogP contribution in [0.25, 0.3) is 0 Å². The number of ether oxygens (including phenoxy) is 1. The van der Waals surface area contributed by atoms with E-state index in [0.29, 0.717) is 49.2 Å². The first-order valence-electron chi connectivity index (χ1n) is 11.6. The van der Waals surface area contributed by atoms with Crippen molar-refractivity contribution in [3.63, 3.8) is 0 Å². The molecule has 0 spiro atoms. The summed E-state index contributed by atoms with van der Waals surface area (Å²) in [6, 6.07) is 13.3. The Morgan fingerprint density at radius 3 is 2.53 bits per heavy atom. The van der Waals surface area contributed by atoms with Gasteiger partial charge >= 0.3 is 0 Å². The SMILES string of the molecule is COc1cc(F)cc([C@@H](C)N[C@H]2CC[C@@H](c3ccc(C(=O)N4CCC(O)CC4)cc3)C2)c1.